The molecule has 5 aromatic rings. The largest absolute Gasteiger partial charge is 0.453 e. The van der Waals surface area contributed by atoms with Crippen LogP contribution in [0.1, 0.15) is 77.1 Å². The van der Waals surface area contributed by atoms with Gasteiger partial charge in [-0.15, -0.1) is 0 Å². The number of likely N-dealkylation sites (tertiary alicyclic amines) is 2. The monoisotopic (exact) mass is 826 g/mol. The van der Waals surface area contributed by atoms with Gasteiger partial charge in [0.1, 0.15) is 23.7 Å². The summed E-state index contributed by atoms with van der Waals surface area (Å²) in [7, 11) is 2.58. The Labute approximate surface area is 355 Å². The molecule has 0 radical (unpaired) electrons. The predicted molar refractivity (Wildman–Crippen MR) is 232 cm³/mol. The molecule has 3 aromatic carbocycles. The van der Waals surface area contributed by atoms with Gasteiger partial charge in [0.05, 0.1) is 50.1 Å². The molecular formula is C47H54N8O6. The number of alkyl carbamates (subject to hydrolysis) is 2. The molecule has 0 bridgehead atoms. The molecular weight excluding hydrogens is 773 g/mol. The highest BCUT2D eigenvalue weighted by molar-refractivity contribution is 5.91. The molecule has 3 aliphatic rings. The number of aromatic amines is 2. The van der Waals surface area contributed by atoms with Crippen LogP contribution in [0.15, 0.2) is 85.2 Å². The number of hydrogen-bond donors (Lipinski definition) is 4. The van der Waals surface area contributed by atoms with Crippen LogP contribution in [0.25, 0.3) is 44.4 Å². The topological polar surface area (TPSA) is 175 Å². The van der Waals surface area contributed by atoms with Crippen LogP contribution in [0.3, 0.4) is 0 Å². The zero-order chi connectivity index (χ0) is 43.2. The van der Waals surface area contributed by atoms with Crippen LogP contribution in [0.2, 0.25) is 0 Å². The van der Waals surface area contributed by atoms with Gasteiger partial charge in [0, 0.05) is 18.7 Å². The summed E-state index contributed by atoms with van der Waals surface area (Å²) < 4.78 is 9.59. The summed E-state index contributed by atoms with van der Waals surface area (Å²) in [5.74, 6) is 0.857. The second-order valence-electron chi connectivity index (χ2n) is 17.6. The Hall–Kier alpha value is -6.44. The molecule has 2 saturated heterocycles. The number of ether oxygens (including phenoxy) is 2. The fourth-order valence-electron chi connectivity index (χ4n) is 8.84. The molecule has 2 aromatic heterocycles. The Balaban J connectivity index is 0.958. The van der Waals surface area contributed by atoms with Gasteiger partial charge in [0.25, 0.3) is 0 Å². The van der Waals surface area contributed by atoms with E-state index >= 15 is 0 Å². The standard InChI is InChI=1S/C47H54N8O6/c1-26(2)39(52-45(58)60-6)43(56)54-24-28(5)18-37(54)41-48-22-35(50-41)30-10-8-29(9-11-30)31-12-13-33-20-34(15-14-32(33)19-31)36-23-49-42(51-36)38-21-47(16-17-47)25-55(38)44(57)40(27(3)4)53-46(59)61-7/h8-15,19-20,22-23,26-27,37-40H,5,16-18,21,24-25H2,1-4,6-7H3,(H,48,50)(H,49,51)(H,52,58)(H,53,59)/t37-,38-,39-,40-/m0/s1. The van der Waals surface area contributed by atoms with Crippen LogP contribution in [-0.4, -0.2) is 93.1 Å². The van der Waals surface area contributed by atoms with E-state index in [0.717, 1.165) is 75.1 Å². The number of rotatable bonds is 11. The Morgan fingerprint density at radius 1 is 0.705 bits per heavy atom. The lowest BCUT2D eigenvalue weighted by atomic mass is 9.98. The number of aromatic nitrogens is 4. The van der Waals surface area contributed by atoms with Gasteiger partial charge in [-0.1, -0.05) is 88.4 Å². The molecule has 4 amide bonds. The summed E-state index contributed by atoms with van der Waals surface area (Å²) in [6.07, 6.45) is 5.96. The second-order valence-corrected chi connectivity index (χ2v) is 17.6. The van der Waals surface area contributed by atoms with Crippen LogP contribution < -0.4 is 10.6 Å². The number of hydrogen-bond acceptors (Lipinski definition) is 8. The zero-order valence-electron chi connectivity index (χ0n) is 35.6. The molecule has 4 heterocycles. The molecule has 1 saturated carbocycles. The SMILES string of the molecule is C=C1C[C@@H](c2ncc(-c3ccc(-c4ccc5cc(-c6cnc([C@@H]7CC8(CC8)CN7C(=O)[C@@H](NC(=O)OC)C(C)C)[nH]6)ccc5c4)cc3)[nH]2)N(C(=O)[C@@H](NC(=O)OC)C(C)C)C1. The first-order valence-corrected chi connectivity index (χ1v) is 21.0. The number of benzene rings is 3. The van der Waals surface area contributed by atoms with Crippen molar-refractivity contribution in [1.82, 2.24) is 40.4 Å². The molecule has 1 aliphatic carbocycles. The van der Waals surface area contributed by atoms with Crippen molar-refractivity contribution in [3.8, 4) is 33.6 Å². The van der Waals surface area contributed by atoms with E-state index in [2.05, 4.69) is 92.8 Å². The lowest BCUT2D eigenvalue weighted by Crippen LogP contribution is -2.51. The van der Waals surface area contributed by atoms with Crippen molar-refractivity contribution in [3.63, 3.8) is 0 Å². The molecule has 1 spiro atoms. The average Bonchev–Trinajstić information content (AvgIpc) is 3.73. The third-order valence-corrected chi connectivity index (χ3v) is 12.6. The van der Waals surface area contributed by atoms with E-state index in [4.69, 9.17) is 14.5 Å². The van der Waals surface area contributed by atoms with Crippen LogP contribution in [0.5, 0.6) is 0 Å². The highest BCUT2D eigenvalue weighted by atomic mass is 16.5. The number of nitrogens with one attached hydrogen (secondary N) is 4. The van der Waals surface area contributed by atoms with E-state index in [-0.39, 0.29) is 41.1 Å². The Morgan fingerprint density at radius 2 is 1.20 bits per heavy atom. The van der Waals surface area contributed by atoms with Crippen LogP contribution >= 0.6 is 0 Å². The smallest absolute Gasteiger partial charge is 0.407 e. The average molecular weight is 827 g/mol. The van der Waals surface area contributed by atoms with Gasteiger partial charge in [-0.2, -0.15) is 0 Å². The van der Waals surface area contributed by atoms with Crippen molar-refractivity contribution in [2.24, 2.45) is 17.3 Å². The number of carbonyl (C=O) groups is 4. The molecule has 61 heavy (non-hydrogen) atoms. The number of carbonyl (C=O) groups excluding carboxylic acids is 4. The van der Waals surface area contributed by atoms with E-state index in [1.165, 1.54) is 14.2 Å². The summed E-state index contributed by atoms with van der Waals surface area (Å²) in [4.78, 5) is 71.8. The first-order valence-electron chi connectivity index (χ1n) is 21.0. The van der Waals surface area contributed by atoms with E-state index in [9.17, 15) is 19.2 Å². The number of nitrogens with zero attached hydrogens (tertiary/aromatic N) is 4. The van der Waals surface area contributed by atoms with Gasteiger partial charge >= 0.3 is 12.2 Å². The number of methoxy groups -OCH3 is 2. The molecule has 4 N–H and O–H groups in total. The summed E-state index contributed by atoms with van der Waals surface area (Å²) in [5, 5.41) is 7.63. The molecule has 4 atom stereocenters. The lowest BCUT2D eigenvalue weighted by molar-refractivity contribution is -0.136. The minimum Gasteiger partial charge on any atom is -0.453 e. The third kappa shape index (κ3) is 8.35. The number of amides is 4. The maximum absolute atomic E-state index is 13.9. The lowest BCUT2D eigenvalue weighted by Gasteiger charge is -2.30. The zero-order valence-corrected chi connectivity index (χ0v) is 35.6. The summed E-state index contributed by atoms with van der Waals surface area (Å²) in [6, 6.07) is 19.1. The molecule has 3 fully saturated rings. The van der Waals surface area contributed by atoms with E-state index in [0.29, 0.717) is 25.3 Å². The van der Waals surface area contributed by atoms with Crippen molar-refractivity contribution in [2.75, 3.05) is 27.3 Å². The van der Waals surface area contributed by atoms with Gasteiger partial charge < -0.3 is 39.9 Å². The maximum Gasteiger partial charge on any atom is 0.407 e. The summed E-state index contributed by atoms with van der Waals surface area (Å²) in [6.45, 7) is 12.8. The van der Waals surface area contributed by atoms with Gasteiger partial charge in [-0.3, -0.25) is 9.59 Å². The predicted octanol–water partition coefficient (Wildman–Crippen LogP) is 7.93. The highest BCUT2D eigenvalue weighted by Crippen LogP contribution is 2.58. The van der Waals surface area contributed by atoms with Gasteiger partial charge in [0.15, 0.2) is 0 Å². The van der Waals surface area contributed by atoms with Crippen LogP contribution in [0, 0.1) is 17.3 Å². The van der Waals surface area contributed by atoms with Gasteiger partial charge in [-0.25, -0.2) is 19.6 Å². The first-order chi connectivity index (χ1) is 29.3. The van der Waals surface area contributed by atoms with Gasteiger partial charge in [0.2, 0.25) is 11.8 Å². The minimum atomic E-state index is -0.740. The number of imidazole rings is 2. The minimum absolute atomic E-state index is 0.108. The third-order valence-electron chi connectivity index (χ3n) is 12.6. The molecule has 8 rings (SSSR count). The van der Waals surface area contributed by atoms with Gasteiger partial charge in [-0.05, 0) is 82.5 Å². The normalized spacial score (nSPS) is 19.1. The van der Waals surface area contributed by atoms with E-state index in [1.807, 2.05) is 38.8 Å². The van der Waals surface area contributed by atoms with E-state index < -0.39 is 24.3 Å². The van der Waals surface area contributed by atoms with Crippen molar-refractivity contribution >= 4 is 34.8 Å². The number of fused-ring (bicyclic) bond motifs is 1. The summed E-state index contributed by atoms with van der Waals surface area (Å²) >= 11 is 0. The fraction of sp³-hybridized carbons (Fsp3) is 0.404. The quantitative estimate of drug-likeness (QED) is 0.0972. The van der Waals surface area contributed by atoms with Crippen molar-refractivity contribution in [3.05, 3.63) is 96.9 Å². The molecule has 318 valence electrons. The first kappa shape index (κ1) is 41.3. The number of H-pyrrole nitrogens is 2. The van der Waals surface area contributed by atoms with Crippen LogP contribution in [-0.2, 0) is 19.1 Å². The van der Waals surface area contributed by atoms with Crippen molar-refractivity contribution in [2.45, 2.75) is 77.5 Å². The molecule has 2 aliphatic heterocycles. The molecule has 14 nitrogen and oxygen atoms in total. The molecule has 14 heteroatoms. The fourth-order valence-corrected chi connectivity index (χ4v) is 8.84. The second kappa shape index (κ2) is 16.5. The Morgan fingerprint density at radius 3 is 1.75 bits per heavy atom. The maximum atomic E-state index is 13.9. The van der Waals surface area contributed by atoms with Crippen LogP contribution in [0.4, 0.5) is 9.59 Å². The molecule has 0 unspecified atom stereocenters. The summed E-state index contributed by atoms with van der Waals surface area (Å²) in [5.41, 5.74) is 6.86. The van der Waals surface area contributed by atoms with E-state index in [1.54, 1.807) is 11.1 Å². The highest BCUT2D eigenvalue weighted by Gasteiger charge is 2.55. The van der Waals surface area contributed by atoms with Crippen molar-refractivity contribution in [1.29, 1.82) is 0 Å². The Bertz CT molecular complexity index is 2480. The Kier molecular flexibility index (Phi) is 11.2. The van der Waals surface area contributed by atoms with Crippen molar-refractivity contribution < 1.29 is 28.7 Å².